The van der Waals surface area contributed by atoms with Gasteiger partial charge in [-0.05, 0) is 79.0 Å². The molecule has 3 aromatic carbocycles. The van der Waals surface area contributed by atoms with E-state index in [0.717, 1.165) is 54.0 Å². The number of methoxy groups -OCH3 is 1. The van der Waals surface area contributed by atoms with Gasteiger partial charge in [-0.2, -0.15) is 0 Å². The van der Waals surface area contributed by atoms with Crippen molar-refractivity contribution in [2.45, 2.75) is 44.3 Å². The molecule has 2 bridgehead atoms. The lowest BCUT2D eigenvalue weighted by Gasteiger charge is -2.27. The number of likely N-dealkylation sites (tertiary alicyclic amines) is 1. The van der Waals surface area contributed by atoms with Crippen LogP contribution in [0.4, 0.5) is 0 Å². The number of nitrogens with two attached hydrogens (primary N) is 1. The van der Waals surface area contributed by atoms with Gasteiger partial charge in [-0.1, -0.05) is 48.6 Å². The first-order valence-corrected chi connectivity index (χ1v) is 15.5. The minimum Gasteiger partial charge on any atom is -0.494 e. The SMILES string of the molecule is COc1cc(C(=O)N2C[C@H]3CC[C@@H]2[C@H]3N)cc2nc(-c3cc4cc(/C=C/c5ccccc5)ccc4n3CC3CC3)n(C)c12. The molecule has 218 valence electrons. The van der Waals surface area contributed by atoms with Crippen LogP contribution in [-0.2, 0) is 13.6 Å². The van der Waals surface area contributed by atoms with Crippen LogP contribution in [0, 0.1) is 11.8 Å². The van der Waals surface area contributed by atoms with Crippen LogP contribution in [0.2, 0.25) is 0 Å². The number of carbonyl (C=O) groups excluding carboxylic acids is 1. The topological polar surface area (TPSA) is 78.3 Å². The standard InChI is InChI=1S/C36H37N5O2/c1-39-34-28(17-27(19-32(34)43-2)36(42)41-21-25-13-15-30(41)33(25)37)38-35(39)31-18-26-16-23(9-8-22-6-4-3-5-7-22)12-14-29(26)40(31)20-24-10-11-24/h3-9,12,14,16-19,24-25,30,33H,10-11,13,15,20-21,37H2,1-2H3/b9-8+/t25-,30-,33+/m1/s1. The van der Waals surface area contributed by atoms with E-state index >= 15 is 0 Å². The van der Waals surface area contributed by atoms with Gasteiger partial charge in [0.25, 0.3) is 5.91 Å². The van der Waals surface area contributed by atoms with Crippen molar-refractivity contribution < 1.29 is 9.53 Å². The predicted molar refractivity (Wildman–Crippen MR) is 172 cm³/mol. The second kappa shape index (κ2) is 10.1. The van der Waals surface area contributed by atoms with Crippen LogP contribution in [0.15, 0.2) is 66.7 Å². The molecule has 0 spiro atoms. The van der Waals surface area contributed by atoms with Crippen LogP contribution in [0.5, 0.6) is 5.75 Å². The number of imidazole rings is 1. The molecular weight excluding hydrogens is 534 g/mol. The number of nitrogens with zero attached hydrogens (tertiary/aromatic N) is 4. The third-order valence-electron chi connectivity index (χ3n) is 9.88. The molecular formula is C36H37N5O2. The van der Waals surface area contributed by atoms with Gasteiger partial charge >= 0.3 is 0 Å². The predicted octanol–water partition coefficient (Wildman–Crippen LogP) is 6.35. The number of aromatic nitrogens is 3. The first kappa shape index (κ1) is 26.3. The van der Waals surface area contributed by atoms with E-state index in [4.69, 9.17) is 15.5 Å². The number of ether oxygens (including phenoxy) is 1. The van der Waals surface area contributed by atoms with Gasteiger partial charge in [0.2, 0.25) is 0 Å². The lowest BCUT2D eigenvalue weighted by atomic mass is 10.1. The Morgan fingerprint density at radius 3 is 2.53 bits per heavy atom. The fourth-order valence-corrected chi connectivity index (χ4v) is 7.36. The Labute approximate surface area is 251 Å². The fourth-order valence-electron chi connectivity index (χ4n) is 7.36. The average molecular weight is 572 g/mol. The Morgan fingerprint density at radius 2 is 1.81 bits per heavy atom. The van der Waals surface area contributed by atoms with Crippen LogP contribution >= 0.6 is 0 Å². The molecule has 0 radical (unpaired) electrons. The molecule has 1 amide bonds. The van der Waals surface area contributed by atoms with Gasteiger partial charge in [-0.3, -0.25) is 4.79 Å². The average Bonchev–Trinajstić information content (AvgIpc) is 3.44. The Hall–Kier alpha value is -4.36. The van der Waals surface area contributed by atoms with Gasteiger partial charge in [0.1, 0.15) is 11.3 Å². The monoisotopic (exact) mass is 571 g/mol. The van der Waals surface area contributed by atoms with E-state index in [9.17, 15) is 4.79 Å². The summed E-state index contributed by atoms with van der Waals surface area (Å²) in [5.41, 5.74) is 13.3. The van der Waals surface area contributed by atoms with Crippen molar-refractivity contribution in [2.75, 3.05) is 13.7 Å². The summed E-state index contributed by atoms with van der Waals surface area (Å²) in [5.74, 6) is 2.66. The molecule has 1 aliphatic heterocycles. The molecule has 2 N–H and O–H groups in total. The third-order valence-corrected chi connectivity index (χ3v) is 9.88. The highest BCUT2D eigenvalue weighted by molar-refractivity contribution is 6.00. The van der Waals surface area contributed by atoms with Gasteiger partial charge in [-0.15, -0.1) is 0 Å². The molecule has 3 aliphatic rings. The minimum atomic E-state index is 0.0222. The molecule has 2 aliphatic carbocycles. The van der Waals surface area contributed by atoms with Gasteiger partial charge in [0, 0.05) is 48.7 Å². The lowest BCUT2D eigenvalue weighted by molar-refractivity contribution is 0.0700. The number of benzene rings is 3. The van der Waals surface area contributed by atoms with Crippen LogP contribution in [-0.4, -0.2) is 50.7 Å². The maximum atomic E-state index is 13.7. The third kappa shape index (κ3) is 4.45. The van der Waals surface area contributed by atoms with E-state index in [0.29, 0.717) is 23.1 Å². The van der Waals surface area contributed by atoms with Crippen LogP contribution in [0.3, 0.4) is 0 Å². The van der Waals surface area contributed by atoms with E-state index < -0.39 is 0 Å². The van der Waals surface area contributed by atoms with E-state index in [1.807, 2.05) is 30.1 Å². The number of fused-ring (bicyclic) bond motifs is 4. The second-order valence-corrected chi connectivity index (χ2v) is 12.6. The lowest BCUT2D eigenvalue weighted by Crippen LogP contribution is -2.41. The number of rotatable bonds is 7. The Morgan fingerprint density at radius 1 is 1.00 bits per heavy atom. The number of hydrogen-bond acceptors (Lipinski definition) is 4. The molecule has 2 saturated carbocycles. The molecule has 8 rings (SSSR count). The smallest absolute Gasteiger partial charge is 0.254 e. The highest BCUT2D eigenvalue weighted by Crippen LogP contribution is 2.40. The van der Waals surface area contributed by atoms with Crippen molar-refractivity contribution in [3.63, 3.8) is 0 Å². The zero-order valence-corrected chi connectivity index (χ0v) is 24.7. The van der Waals surface area contributed by atoms with Crippen molar-refractivity contribution in [1.29, 1.82) is 0 Å². The first-order chi connectivity index (χ1) is 21.0. The van der Waals surface area contributed by atoms with E-state index in [2.05, 4.69) is 69.8 Å². The first-order valence-electron chi connectivity index (χ1n) is 15.5. The molecule has 7 nitrogen and oxygen atoms in total. The molecule has 3 fully saturated rings. The van der Waals surface area contributed by atoms with Crippen molar-refractivity contribution >= 4 is 40.0 Å². The fraction of sp³-hybridized carbons (Fsp3) is 0.333. The normalized spacial score (nSPS) is 21.6. The summed E-state index contributed by atoms with van der Waals surface area (Å²) in [6.07, 6.45) is 8.95. The number of amides is 1. The molecule has 43 heavy (non-hydrogen) atoms. The number of carbonyl (C=O) groups is 1. The minimum absolute atomic E-state index is 0.0222. The summed E-state index contributed by atoms with van der Waals surface area (Å²) in [4.78, 5) is 20.8. The van der Waals surface area contributed by atoms with E-state index in [1.165, 1.54) is 29.3 Å². The van der Waals surface area contributed by atoms with Gasteiger partial charge < -0.3 is 24.5 Å². The summed E-state index contributed by atoms with van der Waals surface area (Å²) in [5, 5.41) is 1.20. The number of hydrogen-bond donors (Lipinski definition) is 1. The van der Waals surface area contributed by atoms with E-state index in [1.54, 1.807) is 7.11 Å². The number of piperidine rings is 1. The zero-order chi connectivity index (χ0) is 29.2. The summed E-state index contributed by atoms with van der Waals surface area (Å²) >= 11 is 0. The Bertz CT molecular complexity index is 1900. The maximum Gasteiger partial charge on any atom is 0.254 e. The Balaban J connectivity index is 1.20. The van der Waals surface area contributed by atoms with E-state index in [-0.39, 0.29) is 18.0 Å². The second-order valence-electron chi connectivity index (χ2n) is 12.6. The van der Waals surface area contributed by atoms with Crippen molar-refractivity contribution in [3.8, 4) is 17.3 Å². The van der Waals surface area contributed by atoms with Crippen molar-refractivity contribution in [3.05, 3.63) is 83.4 Å². The quantitative estimate of drug-likeness (QED) is 0.231. The van der Waals surface area contributed by atoms with Crippen LogP contribution < -0.4 is 10.5 Å². The largest absolute Gasteiger partial charge is 0.494 e. The maximum absolute atomic E-state index is 13.7. The summed E-state index contributed by atoms with van der Waals surface area (Å²) in [6.45, 7) is 1.71. The summed E-state index contributed by atoms with van der Waals surface area (Å²) in [7, 11) is 3.71. The molecule has 2 aromatic heterocycles. The van der Waals surface area contributed by atoms with Crippen LogP contribution in [0.25, 0.3) is 45.6 Å². The van der Waals surface area contributed by atoms with Gasteiger partial charge in [0.15, 0.2) is 5.82 Å². The molecule has 1 saturated heterocycles. The van der Waals surface area contributed by atoms with Crippen LogP contribution in [0.1, 0.15) is 47.2 Å². The molecule has 0 unspecified atom stereocenters. The molecule has 3 heterocycles. The Kier molecular flexibility index (Phi) is 6.19. The van der Waals surface area contributed by atoms with Gasteiger partial charge in [-0.25, -0.2) is 4.98 Å². The molecule has 5 aromatic rings. The number of aryl methyl sites for hydroxylation is 1. The zero-order valence-electron chi connectivity index (χ0n) is 24.7. The molecule has 3 atom stereocenters. The summed E-state index contributed by atoms with van der Waals surface area (Å²) < 4.78 is 10.4. The highest BCUT2D eigenvalue weighted by Gasteiger charge is 2.47. The van der Waals surface area contributed by atoms with Crippen molar-refractivity contribution in [1.82, 2.24) is 19.0 Å². The summed E-state index contributed by atoms with van der Waals surface area (Å²) in [6, 6.07) is 23.4. The highest BCUT2D eigenvalue weighted by atomic mass is 16.5. The molecule has 7 heteroatoms. The van der Waals surface area contributed by atoms with Crippen molar-refractivity contribution in [2.24, 2.45) is 24.6 Å². The van der Waals surface area contributed by atoms with Gasteiger partial charge in [0.05, 0.1) is 18.3 Å².